The molecule has 0 unspecified atom stereocenters. The first-order chi connectivity index (χ1) is 5.56. The van der Waals surface area contributed by atoms with Crippen LogP contribution in [-0.2, 0) is 10.0 Å². The first kappa shape index (κ1) is 25.2. The van der Waals surface area contributed by atoms with Gasteiger partial charge >= 0.3 is 29.6 Å². The predicted octanol–water partition coefficient (Wildman–Crippen LogP) is -1.70. The standard InChI is InChI=1S/C7H8ClNO2S.Na.3H2O.H/c1-6-2-4-7(5-3-6)12(10,11)9-8;;;;;/h2-5,9H,1H3;;3*1H2;. The first-order valence-corrected chi connectivity index (χ1v) is 5.11. The number of sulfonamides is 1. The molecule has 0 saturated heterocycles. The van der Waals surface area contributed by atoms with Gasteiger partial charge in [-0.05, 0) is 30.8 Å². The minimum absolute atomic E-state index is 0. The molecule has 0 bridgehead atoms. The Morgan fingerprint density at radius 3 is 1.75 bits per heavy atom. The zero-order chi connectivity index (χ0) is 9.19. The van der Waals surface area contributed by atoms with Crippen molar-refractivity contribution in [1.29, 1.82) is 0 Å². The van der Waals surface area contributed by atoms with Crippen molar-refractivity contribution < 1.29 is 24.8 Å². The Hall–Kier alpha value is 0.300. The minimum atomic E-state index is -3.50. The van der Waals surface area contributed by atoms with Crippen LogP contribution in [0.4, 0.5) is 0 Å². The van der Waals surface area contributed by atoms with E-state index in [1.165, 1.54) is 12.1 Å². The Labute approximate surface area is 121 Å². The summed E-state index contributed by atoms with van der Waals surface area (Å²) >= 11 is 5.03. The van der Waals surface area contributed by atoms with Crippen molar-refractivity contribution in [1.82, 2.24) is 4.24 Å². The van der Waals surface area contributed by atoms with Crippen molar-refractivity contribution >= 4 is 51.4 Å². The molecule has 1 aromatic carbocycles. The van der Waals surface area contributed by atoms with E-state index in [2.05, 4.69) is 0 Å². The molecule has 7 N–H and O–H groups in total. The number of halogens is 1. The van der Waals surface area contributed by atoms with Crippen molar-refractivity contribution in [2.75, 3.05) is 0 Å². The van der Waals surface area contributed by atoms with Gasteiger partial charge in [0.15, 0.2) is 0 Å². The third-order valence-corrected chi connectivity index (χ3v) is 3.14. The number of benzene rings is 1. The van der Waals surface area contributed by atoms with Gasteiger partial charge in [-0.2, -0.15) is 0 Å². The second-order valence-electron chi connectivity index (χ2n) is 2.39. The van der Waals surface area contributed by atoms with Gasteiger partial charge in [0.25, 0.3) is 10.0 Å². The molecule has 1 aromatic rings. The molecular formula is C7H15ClNNaO5S. The van der Waals surface area contributed by atoms with Crippen molar-refractivity contribution in [2.45, 2.75) is 11.8 Å². The van der Waals surface area contributed by atoms with Crippen LogP contribution in [0, 0.1) is 6.92 Å². The summed E-state index contributed by atoms with van der Waals surface area (Å²) < 4.78 is 23.9. The van der Waals surface area contributed by atoms with Crippen LogP contribution in [0.2, 0.25) is 0 Å². The van der Waals surface area contributed by atoms with E-state index in [1.54, 1.807) is 16.4 Å². The van der Waals surface area contributed by atoms with E-state index in [0.29, 0.717) is 0 Å². The molecule has 92 valence electrons. The monoisotopic (exact) mass is 283 g/mol. The molecule has 0 radical (unpaired) electrons. The summed E-state index contributed by atoms with van der Waals surface area (Å²) in [4.78, 5) is 0.170. The third-order valence-electron chi connectivity index (χ3n) is 1.43. The van der Waals surface area contributed by atoms with Gasteiger partial charge in [-0.3, -0.25) is 0 Å². The molecule has 6 nitrogen and oxygen atoms in total. The van der Waals surface area contributed by atoms with Gasteiger partial charge in [-0.15, -0.1) is 4.24 Å². The molecule has 0 amide bonds. The maximum absolute atomic E-state index is 11.1. The van der Waals surface area contributed by atoms with Gasteiger partial charge in [0.05, 0.1) is 4.90 Å². The van der Waals surface area contributed by atoms with E-state index in [0.717, 1.165) is 5.56 Å². The number of hydrogen-bond acceptors (Lipinski definition) is 2. The fourth-order valence-corrected chi connectivity index (χ4v) is 1.61. The molecule has 0 aliphatic heterocycles. The second kappa shape index (κ2) is 10.5. The molecule has 0 aromatic heterocycles. The zero-order valence-corrected chi connectivity index (χ0v) is 9.48. The molecule has 0 aliphatic rings. The van der Waals surface area contributed by atoms with E-state index in [9.17, 15) is 8.42 Å². The second-order valence-corrected chi connectivity index (χ2v) is 4.49. The summed E-state index contributed by atoms with van der Waals surface area (Å²) in [6.45, 7) is 1.88. The molecule has 0 aliphatic carbocycles. The number of aryl methyl sites for hydroxylation is 1. The molecule has 0 spiro atoms. The van der Waals surface area contributed by atoms with E-state index in [-0.39, 0.29) is 50.9 Å². The summed E-state index contributed by atoms with van der Waals surface area (Å²) in [6, 6.07) is 6.42. The van der Waals surface area contributed by atoms with E-state index in [4.69, 9.17) is 11.8 Å². The Balaban J connectivity index is -0.000000180. The van der Waals surface area contributed by atoms with Crippen molar-refractivity contribution in [3.8, 4) is 0 Å². The van der Waals surface area contributed by atoms with Crippen LogP contribution in [0.5, 0.6) is 0 Å². The SMILES string of the molecule is Cc1ccc(S(=O)(=O)NCl)cc1.O.O.O.[NaH]. The van der Waals surface area contributed by atoms with Crippen LogP contribution in [0.25, 0.3) is 0 Å². The topological polar surface area (TPSA) is 141 Å². The van der Waals surface area contributed by atoms with E-state index >= 15 is 0 Å². The molecule has 0 heterocycles. The van der Waals surface area contributed by atoms with Crippen LogP contribution in [0.3, 0.4) is 0 Å². The van der Waals surface area contributed by atoms with E-state index < -0.39 is 10.0 Å². The number of nitrogens with one attached hydrogen (secondary N) is 1. The maximum atomic E-state index is 11.1. The number of hydrogen-bond donors (Lipinski definition) is 1. The van der Waals surface area contributed by atoms with Gasteiger partial charge < -0.3 is 16.4 Å². The zero-order valence-electron chi connectivity index (χ0n) is 7.91. The molecule has 1 rings (SSSR count). The van der Waals surface area contributed by atoms with Crippen LogP contribution >= 0.6 is 11.8 Å². The molecule has 9 heteroatoms. The Bertz CT molecular complexity index is 369. The quantitative estimate of drug-likeness (QED) is 0.510. The fourth-order valence-electron chi connectivity index (χ4n) is 0.762. The van der Waals surface area contributed by atoms with Gasteiger partial charge in [-0.25, -0.2) is 8.42 Å². The van der Waals surface area contributed by atoms with Crippen LogP contribution in [0.1, 0.15) is 5.56 Å². The molecule has 0 atom stereocenters. The fraction of sp³-hybridized carbons (Fsp3) is 0.143. The molecule has 16 heavy (non-hydrogen) atoms. The predicted molar refractivity (Wildman–Crippen MR) is 65.3 cm³/mol. The van der Waals surface area contributed by atoms with E-state index in [1.807, 2.05) is 6.92 Å². The molecule has 0 saturated carbocycles. The summed E-state index contributed by atoms with van der Waals surface area (Å²) in [5.74, 6) is 0. The van der Waals surface area contributed by atoms with Crippen molar-refractivity contribution in [3.05, 3.63) is 29.8 Å². The number of rotatable bonds is 2. The normalized spacial score (nSPS) is 8.62. The Morgan fingerprint density at radius 1 is 1.06 bits per heavy atom. The third kappa shape index (κ3) is 6.79. The van der Waals surface area contributed by atoms with Crippen LogP contribution in [0.15, 0.2) is 29.2 Å². The van der Waals surface area contributed by atoms with Gasteiger partial charge in [0.2, 0.25) is 0 Å². The summed E-state index contributed by atoms with van der Waals surface area (Å²) in [6.07, 6.45) is 0. The van der Waals surface area contributed by atoms with Crippen LogP contribution < -0.4 is 4.24 Å². The summed E-state index contributed by atoms with van der Waals surface area (Å²) in [5.41, 5.74) is 1.00. The first-order valence-electron chi connectivity index (χ1n) is 3.25. The van der Waals surface area contributed by atoms with Crippen molar-refractivity contribution in [3.63, 3.8) is 0 Å². The van der Waals surface area contributed by atoms with Gasteiger partial charge in [0.1, 0.15) is 0 Å². The Morgan fingerprint density at radius 2 is 1.44 bits per heavy atom. The molecule has 0 fully saturated rings. The summed E-state index contributed by atoms with van der Waals surface area (Å²) in [5, 5.41) is 0. The van der Waals surface area contributed by atoms with Gasteiger partial charge in [-0.1, -0.05) is 17.7 Å². The molecular weight excluding hydrogens is 269 g/mol. The van der Waals surface area contributed by atoms with Crippen LogP contribution in [-0.4, -0.2) is 54.4 Å². The Kier molecular flexibility index (Phi) is 16.5. The average Bonchev–Trinajstić information content (AvgIpc) is 2.05. The average molecular weight is 284 g/mol. The van der Waals surface area contributed by atoms with Gasteiger partial charge in [0, 0.05) is 0 Å². The summed E-state index contributed by atoms with van der Waals surface area (Å²) in [7, 11) is -3.50. The van der Waals surface area contributed by atoms with Crippen molar-refractivity contribution in [2.24, 2.45) is 0 Å².